The molecule has 0 saturated heterocycles. The molecule has 0 aromatic rings. The molecule has 2 nitrogen and oxygen atoms in total. The summed E-state index contributed by atoms with van der Waals surface area (Å²) in [6.07, 6.45) is 3.51. The van der Waals surface area contributed by atoms with Crippen LogP contribution in [-0.2, 0) is 4.74 Å². The van der Waals surface area contributed by atoms with Crippen molar-refractivity contribution >= 4 is 0 Å². The van der Waals surface area contributed by atoms with Crippen LogP contribution in [0.25, 0.3) is 0 Å². The molecule has 2 heteroatoms. The summed E-state index contributed by atoms with van der Waals surface area (Å²) < 4.78 is 5.29. The summed E-state index contributed by atoms with van der Waals surface area (Å²) in [5.41, 5.74) is 0. The van der Waals surface area contributed by atoms with E-state index in [-0.39, 0.29) is 12.7 Å². The predicted octanol–water partition coefficient (Wildman–Crippen LogP) is 1.35. The lowest BCUT2D eigenvalue weighted by Gasteiger charge is -2.12. The van der Waals surface area contributed by atoms with Crippen LogP contribution >= 0.6 is 0 Å². The van der Waals surface area contributed by atoms with E-state index in [9.17, 15) is 0 Å². The standard InChI is InChI=1S/C8H16O2/c1-3-5-8(6-7-9)10-4-2/h3,8-9H,1,4-7H2,2H3/t8-/m1/s1. The number of ether oxygens (including phenoxy) is 1. The first-order chi connectivity index (χ1) is 4.85. The highest BCUT2D eigenvalue weighted by molar-refractivity contribution is 4.73. The highest BCUT2D eigenvalue weighted by Crippen LogP contribution is 2.03. The topological polar surface area (TPSA) is 29.5 Å². The predicted molar refractivity (Wildman–Crippen MR) is 41.9 cm³/mol. The fourth-order valence-corrected chi connectivity index (χ4v) is 0.835. The molecule has 1 atom stereocenters. The van der Waals surface area contributed by atoms with Gasteiger partial charge < -0.3 is 9.84 Å². The molecule has 0 fully saturated rings. The summed E-state index contributed by atoms with van der Waals surface area (Å²) in [5.74, 6) is 0. The monoisotopic (exact) mass is 144 g/mol. The molecular weight excluding hydrogens is 128 g/mol. The highest BCUT2D eigenvalue weighted by atomic mass is 16.5. The zero-order chi connectivity index (χ0) is 7.82. The zero-order valence-electron chi connectivity index (χ0n) is 6.55. The van der Waals surface area contributed by atoms with Gasteiger partial charge in [0.2, 0.25) is 0 Å². The SMILES string of the molecule is C=CC[C@H](CCO)OCC. The first-order valence-corrected chi connectivity index (χ1v) is 3.68. The van der Waals surface area contributed by atoms with Gasteiger partial charge in [-0.2, -0.15) is 0 Å². The Morgan fingerprint density at radius 3 is 2.80 bits per heavy atom. The molecule has 10 heavy (non-hydrogen) atoms. The molecule has 0 bridgehead atoms. The van der Waals surface area contributed by atoms with Crippen molar-refractivity contribution in [2.75, 3.05) is 13.2 Å². The number of hydrogen-bond acceptors (Lipinski definition) is 2. The van der Waals surface area contributed by atoms with E-state index in [1.807, 2.05) is 13.0 Å². The van der Waals surface area contributed by atoms with E-state index in [1.165, 1.54) is 0 Å². The molecule has 0 aromatic carbocycles. The highest BCUT2D eigenvalue weighted by Gasteiger charge is 2.03. The van der Waals surface area contributed by atoms with E-state index in [4.69, 9.17) is 9.84 Å². The van der Waals surface area contributed by atoms with Crippen molar-refractivity contribution in [1.82, 2.24) is 0 Å². The Kier molecular flexibility index (Phi) is 6.55. The molecule has 0 unspecified atom stereocenters. The summed E-state index contributed by atoms with van der Waals surface area (Å²) >= 11 is 0. The van der Waals surface area contributed by atoms with Crippen LogP contribution in [0.2, 0.25) is 0 Å². The quantitative estimate of drug-likeness (QED) is 0.570. The van der Waals surface area contributed by atoms with Gasteiger partial charge in [-0.1, -0.05) is 6.08 Å². The van der Waals surface area contributed by atoms with Crippen molar-refractivity contribution in [2.24, 2.45) is 0 Å². The van der Waals surface area contributed by atoms with Crippen LogP contribution < -0.4 is 0 Å². The van der Waals surface area contributed by atoms with Gasteiger partial charge in [0.15, 0.2) is 0 Å². The van der Waals surface area contributed by atoms with Gasteiger partial charge >= 0.3 is 0 Å². The van der Waals surface area contributed by atoms with Gasteiger partial charge in [0.1, 0.15) is 0 Å². The third-order valence-electron chi connectivity index (χ3n) is 1.28. The third-order valence-corrected chi connectivity index (χ3v) is 1.28. The minimum absolute atomic E-state index is 0.160. The summed E-state index contributed by atoms with van der Waals surface area (Å²) in [6.45, 7) is 6.46. The second-order valence-electron chi connectivity index (χ2n) is 2.11. The number of hydrogen-bond donors (Lipinski definition) is 1. The van der Waals surface area contributed by atoms with Crippen molar-refractivity contribution in [3.05, 3.63) is 12.7 Å². The zero-order valence-corrected chi connectivity index (χ0v) is 6.55. The lowest BCUT2D eigenvalue weighted by molar-refractivity contribution is 0.0462. The minimum Gasteiger partial charge on any atom is -0.396 e. The summed E-state index contributed by atoms with van der Waals surface area (Å²) in [7, 11) is 0. The Bertz CT molecular complexity index is 75.3. The smallest absolute Gasteiger partial charge is 0.0631 e. The maximum atomic E-state index is 8.58. The molecule has 0 aromatic heterocycles. The molecular formula is C8H16O2. The molecule has 0 saturated carbocycles. The van der Waals surface area contributed by atoms with E-state index in [1.54, 1.807) is 0 Å². The van der Waals surface area contributed by atoms with E-state index >= 15 is 0 Å². The Morgan fingerprint density at radius 2 is 2.40 bits per heavy atom. The first-order valence-electron chi connectivity index (χ1n) is 3.68. The van der Waals surface area contributed by atoms with Crippen LogP contribution in [0, 0.1) is 0 Å². The Morgan fingerprint density at radius 1 is 1.70 bits per heavy atom. The Labute approximate surface area is 62.5 Å². The number of rotatable bonds is 6. The second-order valence-corrected chi connectivity index (χ2v) is 2.11. The van der Waals surface area contributed by atoms with E-state index in [2.05, 4.69) is 6.58 Å². The molecule has 0 heterocycles. The van der Waals surface area contributed by atoms with Gasteiger partial charge in [-0.25, -0.2) is 0 Å². The Balaban J connectivity index is 3.38. The molecule has 0 spiro atoms. The van der Waals surface area contributed by atoms with Gasteiger partial charge in [0.05, 0.1) is 6.10 Å². The van der Waals surface area contributed by atoms with Gasteiger partial charge in [-0.15, -0.1) is 6.58 Å². The van der Waals surface area contributed by atoms with E-state index < -0.39 is 0 Å². The number of aliphatic hydroxyl groups is 1. The van der Waals surface area contributed by atoms with Crippen LogP contribution in [-0.4, -0.2) is 24.4 Å². The maximum Gasteiger partial charge on any atom is 0.0631 e. The average Bonchev–Trinajstić information content (AvgIpc) is 1.90. The average molecular weight is 144 g/mol. The molecule has 1 N–H and O–H groups in total. The van der Waals surface area contributed by atoms with Crippen LogP contribution in [0.3, 0.4) is 0 Å². The van der Waals surface area contributed by atoms with Crippen LogP contribution in [0.4, 0.5) is 0 Å². The lowest BCUT2D eigenvalue weighted by Crippen LogP contribution is -2.13. The molecule has 0 rings (SSSR count). The molecule has 0 aliphatic rings. The van der Waals surface area contributed by atoms with Gasteiger partial charge in [-0.3, -0.25) is 0 Å². The second kappa shape index (κ2) is 6.78. The largest absolute Gasteiger partial charge is 0.396 e. The first kappa shape index (κ1) is 9.66. The summed E-state index contributed by atoms with van der Waals surface area (Å²) in [6, 6.07) is 0. The molecule has 0 aliphatic carbocycles. The fraction of sp³-hybridized carbons (Fsp3) is 0.750. The van der Waals surface area contributed by atoms with Crippen LogP contribution in [0.15, 0.2) is 12.7 Å². The number of aliphatic hydroxyl groups excluding tert-OH is 1. The summed E-state index contributed by atoms with van der Waals surface area (Å²) in [5, 5.41) is 8.58. The van der Waals surface area contributed by atoms with Crippen molar-refractivity contribution in [3.8, 4) is 0 Å². The van der Waals surface area contributed by atoms with Crippen LogP contribution in [0.5, 0.6) is 0 Å². The minimum atomic E-state index is 0.160. The van der Waals surface area contributed by atoms with E-state index in [0.717, 1.165) is 6.42 Å². The Hall–Kier alpha value is -0.340. The van der Waals surface area contributed by atoms with Gasteiger partial charge in [0, 0.05) is 13.2 Å². The van der Waals surface area contributed by atoms with Crippen molar-refractivity contribution in [2.45, 2.75) is 25.9 Å². The molecule has 0 amide bonds. The maximum absolute atomic E-state index is 8.58. The van der Waals surface area contributed by atoms with Crippen molar-refractivity contribution in [3.63, 3.8) is 0 Å². The van der Waals surface area contributed by atoms with Gasteiger partial charge in [-0.05, 0) is 19.8 Å². The normalized spacial score (nSPS) is 13.0. The van der Waals surface area contributed by atoms with E-state index in [0.29, 0.717) is 13.0 Å². The molecule has 0 aliphatic heterocycles. The summed E-state index contributed by atoms with van der Waals surface area (Å²) in [4.78, 5) is 0. The van der Waals surface area contributed by atoms with Crippen molar-refractivity contribution in [1.29, 1.82) is 0 Å². The van der Waals surface area contributed by atoms with Crippen molar-refractivity contribution < 1.29 is 9.84 Å². The van der Waals surface area contributed by atoms with Gasteiger partial charge in [0.25, 0.3) is 0 Å². The molecule has 60 valence electrons. The third kappa shape index (κ3) is 4.53. The molecule has 0 radical (unpaired) electrons. The lowest BCUT2D eigenvalue weighted by atomic mass is 10.2. The fourth-order valence-electron chi connectivity index (χ4n) is 0.835. The van der Waals surface area contributed by atoms with Crippen LogP contribution in [0.1, 0.15) is 19.8 Å².